The molecule has 2 bridgehead atoms. The number of ketones is 1. The first kappa shape index (κ1) is 13.1. The Labute approximate surface area is 117 Å². The van der Waals surface area contributed by atoms with Gasteiger partial charge in [0.05, 0.1) is 5.92 Å². The highest BCUT2D eigenvalue weighted by Crippen LogP contribution is 2.47. The van der Waals surface area contributed by atoms with Crippen molar-refractivity contribution < 1.29 is 19.4 Å². The van der Waals surface area contributed by atoms with Gasteiger partial charge in [-0.2, -0.15) is 0 Å². The van der Waals surface area contributed by atoms with E-state index in [-0.39, 0.29) is 11.7 Å². The fraction of sp³-hybridized carbons (Fsp3) is 0.375. The third-order valence-electron chi connectivity index (χ3n) is 4.20. The van der Waals surface area contributed by atoms with Gasteiger partial charge in [0.1, 0.15) is 11.9 Å². The van der Waals surface area contributed by atoms with Crippen molar-refractivity contribution in [1.29, 1.82) is 0 Å². The van der Waals surface area contributed by atoms with Gasteiger partial charge in [-0.05, 0) is 31.6 Å². The number of aryl methyl sites for hydroxylation is 1. The maximum Gasteiger partial charge on any atom is 0.343 e. The number of esters is 1. The average molecular weight is 272 g/mol. The highest BCUT2D eigenvalue weighted by Gasteiger charge is 2.59. The second-order valence-corrected chi connectivity index (χ2v) is 5.58. The number of rotatable bonds is 2. The van der Waals surface area contributed by atoms with E-state index in [0.29, 0.717) is 0 Å². The van der Waals surface area contributed by atoms with Crippen LogP contribution in [0.5, 0.6) is 0 Å². The Balaban J connectivity index is 2.11. The van der Waals surface area contributed by atoms with Gasteiger partial charge in [-0.15, -0.1) is 0 Å². The third-order valence-corrected chi connectivity index (χ3v) is 4.20. The van der Waals surface area contributed by atoms with Gasteiger partial charge < -0.3 is 9.84 Å². The zero-order valence-electron chi connectivity index (χ0n) is 11.4. The molecule has 0 saturated carbocycles. The van der Waals surface area contributed by atoms with Crippen LogP contribution in [0.4, 0.5) is 0 Å². The minimum Gasteiger partial charge on any atom is -0.455 e. The summed E-state index contributed by atoms with van der Waals surface area (Å²) in [4.78, 5) is 23.8. The molecule has 4 heteroatoms. The van der Waals surface area contributed by atoms with E-state index in [9.17, 15) is 14.7 Å². The number of hydrogen-bond donors (Lipinski definition) is 1. The zero-order chi connectivity index (χ0) is 14.5. The Bertz CT molecular complexity index is 601. The van der Waals surface area contributed by atoms with Gasteiger partial charge >= 0.3 is 5.97 Å². The molecule has 1 fully saturated rings. The Morgan fingerprint density at radius 1 is 1.30 bits per heavy atom. The van der Waals surface area contributed by atoms with Crippen LogP contribution in [-0.4, -0.2) is 28.6 Å². The summed E-state index contributed by atoms with van der Waals surface area (Å²) in [7, 11) is 0. The number of aliphatic hydroxyl groups is 1. The molecule has 4 atom stereocenters. The first-order valence-corrected chi connectivity index (χ1v) is 6.63. The largest absolute Gasteiger partial charge is 0.455 e. The number of carbonyl (C=O) groups is 2. The predicted molar refractivity (Wildman–Crippen MR) is 72.1 cm³/mol. The maximum absolute atomic E-state index is 12.0. The van der Waals surface area contributed by atoms with Crippen molar-refractivity contribution in [2.45, 2.75) is 31.5 Å². The number of Topliss-reactive ketones (excluding diaryl/α,β-unsaturated/α-hetero) is 1. The highest BCUT2D eigenvalue weighted by atomic mass is 16.6. The van der Waals surface area contributed by atoms with Crippen molar-refractivity contribution in [3.63, 3.8) is 0 Å². The zero-order valence-corrected chi connectivity index (χ0v) is 11.4. The summed E-state index contributed by atoms with van der Waals surface area (Å²) in [6.07, 6.45) is 2.58. The molecule has 0 spiro atoms. The third kappa shape index (κ3) is 1.72. The van der Waals surface area contributed by atoms with Crippen LogP contribution in [0, 0.1) is 12.8 Å². The molecule has 2 aliphatic heterocycles. The van der Waals surface area contributed by atoms with E-state index < -0.39 is 23.6 Å². The smallest absolute Gasteiger partial charge is 0.343 e. The summed E-state index contributed by atoms with van der Waals surface area (Å²) in [5.74, 6) is -2.06. The summed E-state index contributed by atoms with van der Waals surface area (Å²) >= 11 is 0. The molecule has 1 aromatic carbocycles. The lowest BCUT2D eigenvalue weighted by Crippen LogP contribution is -2.60. The predicted octanol–water partition coefficient (Wildman–Crippen LogP) is 1.51. The molecule has 4 unspecified atom stereocenters. The number of hydrogen-bond acceptors (Lipinski definition) is 4. The van der Waals surface area contributed by atoms with Crippen molar-refractivity contribution in [3.05, 3.63) is 47.5 Å². The molecule has 1 N–H and O–H groups in total. The highest BCUT2D eigenvalue weighted by molar-refractivity contribution is 5.94. The maximum atomic E-state index is 12.0. The van der Waals surface area contributed by atoms with E-state index in [1.54, 1.807) is 6.08 Å². The molecule has 0 amide bonds. The second-order valence-electron chi connectivity index (χ2n) is 5.58. The van der Waals surface area contributed by atoms with Gasteiger partial charge in [-0.3, -0.25) is 4.79 Å². The topological polar surface area (TPSA) is 63.6 Å². The molecule has 0 aromatic heterocycles. The molecular formula is C16H16O4. The molecule has 1 aromatic rings. The quantitative estimate of drug-likeness (QED) is 0.655. The van der Waals surface area contributed by atoms with Crippen LogP contribution in [0.3, 0.4) is 0 Å². The molecule has 20 heavy (non-hydrogen) atoms. The minimum absolute atomic E-state index is 0.205. The standard InChI is InChI=1S/C16H16O4/c1-9-3-5-11(6-4-9)13-12-7-8-16(19,15(18)20-12)14(13)10(2)17/h3-8,12-14,19H,1-2H3. The van der Waals surface area contributed by atoms with Crippen LogP contribution in [-0.2, 0) is 14.3 Å². The van der Waals surface area contributed by atoms with Crippen molar-refractivity contribution in [2.75, 3.05) is 0 Å². The van der Waals surface area contributed by atoms with Crippen molar-refractivity contribution in [1.82, 2.24) is 0 Å². The molecule has 3 aliphatic rings. The summed E-state index contributed by atoms with van der Waals surface area (Å²) < 4.78 is 5.24. The van der Waals surface area contributed by atoms with E-state index in [1.807, 2.05) is 31.2 Å². The average Bonchev–Trinajstić information content (AvgIpc) is 2.40. The van der Waals surface area contributed by atoms with Crippen LogP contribution in [0.15, 0.2) is 36.4 Å². The van der Waals surface area contributed by atoms with Crippen LogP contribution in [0.25, 0.3) is 0 Å². The fourth-order valence-electron chi connectivity index (χ4n) is 3.19. The van der Waals surface area contributed by atoms with Crippen LogP contribution >= 0.6 is 0 Å². The Morgan fingerprint density at radius 2 is 1.95 bits per heavy atom. The van der Waals surface area contributed by atoms with Crippen molar-refractivity contribution >= 4 is 11.8 Å². The van der Waals surface area contributed by atoms with Crippen LogP contribution in [0.1, 0.15) is 24.0 Å². The molecule has 1 saturated heterocycles. The Morgan fingerprint density at radius 3 is 2.50 bits per heavy atom. The minimum atomic E-state index is -1.84. The summed E-state index contributed by atoms with van der Waals surface area (Å²) in [5, 5.41) is 10.5. The second kappa shape index (κ2) is 4.28. The fourth-order valence-corrected chi connectivity index (χ4v) is 3.19. The number of carbonyl (C=O) groups excluding carboxylic acids is 2. The number of benzene rings is 1. The molecule has 4 nitrogen and oxygen atoms in total. The summed E-state index contributed by atoms with van der Waals surface area (Å²) in [5.41, 5.74) is 0.173. The number of fused-ring (bicyclic) bond motifs is 2. The van der Waals surface area contributed by atoms with E-state index >= 15 is 0 Å². The monoisotopic (exact) mass is 272 g/mol. The van der Waals surface area contributed by atoms with Gasteiger partial charge in [-0.25, -0.2) is 4.79 Å². The molecular weight excluding hydrogens is 256 g/mol. The lowest BCUT2D eigenvalue weighted by molar-refractivity contribution is -0.189. The van der Waals surface area contributed by atoms with Crippen molar-refractivity contribution in [2.24, 2.45) is 5.92 Å². The van der Waals surface area contributed by atoms with E-state index in [0.717, 1.165) is 11.1 Å². The molecule has 0 radical (unpaired) electrons. The van der Waals surface area contributed by atoms with Gasteiger partial charge in [-0.1, -0.05) is 29.8 Å². The lowest BCUT2D eigenvalue weighted by atomic mass is 9.65. The first-order chi connectivity index (χ1) is 9.43. The summed E-state index contributed by atoms with van der Waals surface area (Å²) in [6.45, 7) is 3.39. The van der Waals surface area contributed by atoms with Gasteiger partial charge in [0, 0.05) is 5.92 Å². The summed E-state index contributed by atoms with van der Waals surface area (Å²) in [6, 6.07) is 7.73. The first-order valence-electron chi connectivity index (χ1n) is 6.63. The van der Waals surface area contributed by atoms with Gasteiger partial charge in [0.2, 0.25) is 0 Å². The van der Waals surface area contributed by atoms with E-state index in [4.69, 9.17) is 4.74 Å². The Kier molecular flexibility index (Phi) is 2.80. The van der Waals surface area contributed by atoms with Crippen molar-refractivity contribution in [3.8, 4) is 0 Å². The van der Waals surface area contributed by atoms with E-state index in [1.165, 1.54) is 13.0 Å². The lowest BCUT2D eigenvalue weighted by Gasteiger charge is -2.47. The van der Waals surface area contributed by atoms with Crippen LogP contribution in [0.2, 0.25) is 0 Å². The number of ether oxygens (including phenoxy) is 1. The normalized spacial score (nSPS) is 35.0. The van der Waals surface area contributed by atoms with E-state index in [2.05, 4.69) is 0 Å². The molecule has 104 valence electrons. The molecule has 4 rings (SSSR count). The Hall–Kier alpha value is -1.94. The van der Waals surface area contributed by atoms with Crippen LogP contribution < -0.4 is 0 Å². The molecule has 2 heterocycles. The van der Waals surface area contributed by atoms with Gasteiger partial charge in [0.15, 0.2) is 5.60 Å². The van der Waals surface area contributed by atoms with Gasteiger partial charge in [0.25, 0.3) is 0 Å². The molecule has 1 aliphatic carbocycles. The SMILES string of the molecule is CC(=O)C1C(c2ccc(C)cc2)C2C=CC1(O)C(=O)O2.